The lowest BCUT2D eigenvalue weighted by Gasteiger charge is -2.08. The smallest absolute Gasteiger partial charge is 0.0105 e. The Balaban J connectivity index is 0.000000126. The van der Waals surface area contributed by atoms with Crippen LogP contribution in [0.2, 0.25) is 0 Å². The molecule has 14 aromatic rings. The van der Waals surface area contributed by atoms with E-state index in [0.29, 0.717) is 0 Å². The van der Waals surface area contributed by atoms with Gasteiger partial charge in [0, 0.05) is 0 Å². The molecule has 14 aromatic carbocycles. The minimum absolute atomic E-state index is 1.27. The van der Waals surface area contributed by atoms with Gasteiger partial charge in [0.1, 0.15) is 0 Å². The molecule has 0 atom stereocenters. The van der Waals surface area contributed by atoms with Crippen molar-refractivity contribution in [2.75, 3.05) is 0 Å². The minimum Gasteiger partial charge on any atom is -0.0622 e. The first-order chi connectivity index (χ1) is 42.1. The number of fused-ring (bicyclic) bond motifs is 2. The molecule has 0 fully saturated rings. The Hall–Kier alpha value is -10.4. The number of hydrogen-bond acceptors (Lipinski definition) is 0. The third-order valence-electron chi connectivity index (χ3n) is 14.8. The van der Waals surface area contributed by atoms with Crippen LogP contribution in [0, 0.1) is 41.5 Å². The fraction of sp³-hybridized carbons (Fsp3) is 0.0698. The third-order valence-corrected chi connectivity index (χ3v) is 14.8. The van der Waals surface area contributed by atoms with Gasteiger partial charge < -0.3 is 0 Å². The molecule has 0 aliphatic carbocycles. The van der Waals surface area contributed by atoms with Crippen LogP contribution in [0.3, 0.4) is 0 Å². The van der Waals surface area contributed by atoms with E-state index in [1.165, 1.54) is 122 Å². The summed E-state index contributed by atoms with van der Waals surface area (Å²) in [6, 6.07) is 124. The molecule has 0 aromatic heterocycles. The van der Waals surface area contributed by atoms with E-state index in [1.54, 1.807) is 0 Å². The number of benzene rings is 14. The zero-order chi connectivity index (χ0) is 59.7. The van der Waals surface area contributed by atoms with Crippen LogP contribution in [0.1, 0.15) is 33.4 Å². The second kappa shape index (κ2) is 31.3. The van der Waals surface area contributed by atoms with Crippen LogP contribution in [0.15, 0.2) is 352 Å². The van der Waals surface area contributed by atoms with Gasteiger partial charge in [-0.1, -0.05) is 368 Å². The molecule has 0 saturated carbocycles. The van der Waals surface area contributed by atoms with Gasteiger partial charge in [-0.05, 0) is 148 Å². The zero-order valence-corrected chi connectivity index (χ0v) is 50.5. The summed E-state index contributed by atoms with van der Waals surface area (Å²) in [6.45, 7) is 12.7. The molecule has 0 aliphatic rings. The van der Waals surface area contributed by atoms with Crippen molar-refractivity contribution in [1.82, 2.24) is 0 Å². The Morgan fingerprint density at radius 3 is 0.919 bits per heavy atom. The third kappa shape index (κ3) is 18.1. The van der Waals surface area contributed by atoms with Crippen LogP contribution >= 0.6 is 0 Å². The summed E-state index contributed by atoms with van der Waals surface area (Å²) >= 11 is 0. The zero-order valence-electron chi connectivity index (χ0n) is 50.5. The van der Waals surface area contributed by atoms with Crippen molar-refractivity contribution in [1.29, 1.82) is 0 Å². The average Bonchev–Trinajstić information content (AvgIpc) is 3.77. The van der Waals surface area contributed by atoms with Gasteiger partial charge in [-0.2, -0.15) is 0 Å². The van der Waals surface area contributed by atoms with Crippen molar-refractivity contribution in [2.45, 2.75) is 41.5 Å². The lowest BCUT2D eigenvalue weighted by molar-refractivity contribution is 1.46. The molecule has 0 nitrogen and oxygen atoms in total. The predicted octanol–water partition coefficient (Wildman–Crippen LogP) is 24.3. The molecule has 0 unspecified atom stereocenters. The fourth-order valence-electron chi connectivity index (χ4n) is 10.1. The first-order valence-corrected chi connectivity index (χ1v) is 29.7. The van der Waals surface area contributed by atoms with Gasteiger partial charge in [-0.3, -0.25) is 0 Å². The summed E-state index contributed by atoms with van der Waals surface area (Å²) in [4.78, 5) is 0. The Morgan fingerprint density at radius 2 is 0.442 bits per heavy atom. The maximum absolute atomic E-state index is 2.26. The Labute approximate surface area is 512 Å². The molecule has 0 radical (unpaired) electrons. The second-order valence-electron chi connectivity index (χ2n) is 21.8. The summed E-state index contributed by atoms with van der Waals surface area (Å²) in [5, 5.41) is 5.21. The van der Waals surface area contributed by atoms with E-state index in [-0.39, 0.29) is 0 Å². The van der Waals surface area contributed by atoms with Crippen LogP contribution in [0.5, 0.6) is 0 Å². The molecular formula is C86H76. The second-order valence-corrected chi connectivity index (χ2v) is 21.8. The molecule has 0 bridgehead atoms. The summed E-state index contributed by atoms with van der Waals surface area (Å²) in [7, 11) is 0. The lowest BCUT2D eigenvalue weighted by Crippen LogP contribution is -1.84. The van der Waals surface area contributed by atoms with E-state index < -0.39 is 0 Å². The van der Waals surface area contributed by atoms with E-state index >= 15 is 0 Å². The van der Waals surface area contributed by atoms with Gasteiger partial charge in [0.15, 0.2) is 0 Å². The van der Waals surface area contributed by atoms with Crippen LogP contribution in [0.4, 0.5) is 0 Å². The van der Waals surface area contributed by atoms with Crippen molar-refractivity contribution in [3.8, 4) is 66.8 Å². The maximum atomic E-state index is 2.26. The summed E-state index contributed by atoms with van der Waals surface area (Å²) in [5.74, 6) is 0. The molecule has 0 heteroatoms. The van der Waals surface area contributed by atoms with Gasteiger partial charge in [-0.15, -0.1) is 0 Å². The normalized spacial score (nSPS) is 10.2. The van der Waals surface area contributed by atoms with Crippen LogP contribution in [0.25, 0.3) is 88.3 Å². The van der Waals surface area contributed by atoms with Gasteiger partial charge in [0.25, 0.3) is 0 Å². The molecule has 0 aliphatic heterocycles. The predicted molar refractivity (Wildman–Crippen MR) is 375 cm³/mol. The van der Waals surface area contributed by atoms with E-state index in [1.807, 2.05) is 30.3 Å². The maximum Gasteiger partial charge on any atom is -0.0105 e. The molecular weight excluding hydrogens is 1030 g/mol. The molecule has 14 rings (SSSR count). The van der Waals surface area contributed by atoms with Gasteiger partial charge in [0.2, 0.25) is 0 Å². The van der Waals surface area contributed by atoms with Crippen LogP contribution < -0.4 is 0 Å². The molecule has 0 amide bonds. The number of hydrogen-bond donors (Lipinski definition) is 0. The average molecular weight is 1110 g/mol. The standard InChI is InChI=1S/C19H16.2C17H14.2C13H12.C7H8/c1-15-12-18(16-8-4-2-5-9-16)14-19(13-15)17-10-6-3-7-11-17;1-13-9-11-15(12-10-13)17-8-4-6-14-5-2-3-7-16(14)17;1-13-6-8-15(9-7-13)17-11-10-14-4-2-3-5-16(14)12-17;1-11-6-5-9-13(10-11)12-7-3-2-4-8-12;1-11-7-9-13(10-8-11)12-5-3-2-4-6-12;1-7-5-3-2-4-6-7/h2-14H,1H3;2*2-12H,1H3;2*2-10H,1H3;2-6H,1H3. The summed E-state index contributed by atoms with van der Waals surface area (Å²) in [6.07, 6.45) is 0. The Morgan fingerprint density at radius 1 is 0.140 bits per heavy atom. The first-order valence-electron chi connectivity index (χ1n) is 29.7. The lowest BCUT2D eigenvalue weighted by atomic mass is 9.97. The molecule has 0 spiro atoms. The molecule has 0 N–H and O–H groups in total. The van der Waals surface area contributed by atoms with Crippen LogP contribution in [-0.2, 0) is 0 Å². The highest BCUT2D eigenvalue weighted by Crippen LogP contribution is 2.31. The van der Waals surface area contributed by atoms with Crippen molar-refractivity contribution in [2.24, 2.45) is 0 Å². The first kappa shape index (κ1) is 60.2. The minimum atomic E-state index is 1.27. The quantitative estimate of drug-likeness (QED) is 0.156. The molecule has 420 valence electrons. The summed E-state index contributed by atoms with van der Waals surface area (Å²) in [5.41, 5.74) is 23.2. The Bertz CT molecular complexity index is 4190. The number of rotatable bonds is 6. The molecule has 0 saturated heterocycles. The van der Waals surface area contributed by atoms with Gasteiger partial charge in [0.05, 0.1) is 0 Å². The fourth-order valence-corrected chi connectivity index (χ4v) is 10.1. The van der Waals surface area contributed by atoms with E-state index in [9.17, 15) is 0 Å². The van der Waals surface area contributed by atoms with E-state index in [4.69, 9.17) is 0 Å². The highest BCUT2D eigenvalue weighted by atomic mass is 14.1. The summed E-state index contributed by atoms with van der Waals surface area (Å²) < 4.78 is 0. The van der Waals surface area contributed by atoms with Crippen molar-refractivity contribution in [3.05, 3.63) is 385 Å². The highest BCUT2D eigenvalue weighted by Gasteiger charge is 2.05. The van der Waals surface area contributed by atoms with Gasteiger partial charge >= 0.3 is 0 Å². The highest BCUT2D eigenvalue weighted by molar-refractivity contribution is 5.96. The largest absolute Gasteiger partial charge is 0.0622 e. The van der Waals surface area contributed by atoms with Crippen LogP contribution in [-0.4, -0.2) is 0 Å². The van der Waals surface area contributed by atoms with Gasteiger partial charge in [-0.25, -0.2) is 0 Å². The monoisotopic (exact) mass is 1110 g/mol. The van der Waals surface area contributed by atoms with Crippen molar-refractivity contribution < 1.29 is 0 Å². The molecule has 86 heavy (non-hydrogen) atoms. The molecule has 0 heterocycles. The Kier molecular flexibility index (Phi) is 21.9. The van der Waals surface area contributed by atoms with Crippen molar-refractivity contribution >= 4 is 21.5 Å². The van der Waals surface area contributed by atoms with E-state index in [0.717, 1.165) is 0 Å². The topological polar surface area (TPSA) is 0 Å². The van der Waals surface area contributed by atoms with E-state index in [2.05, 4.69) is 363 Å². The SMILES string of the molecule is Cc1cc(-c2ccccc2)cc(-c2ccccc2)c1.Cc1ccc(-c2ccc3ccccc3c2)cc1.Cc1ccc(-c2cccc3ccccc23)cc1.Cc1ccc(-c2ccccc2)cc1.Cc1cccc(-c2ccccc2)c1.Cc1ccccc1. The van der Waals surface area contributed by atoms with Crippen molar-refractivity contribution in [3.63, 3.8) is 0 Å². The number of aryl methyl sites for hydroxylation is 6.